The number of aromatic amines is 1. The predicted octanol–water partition coefficient (Wildman–Crippen LogP) is 3.80. The van der Waals surface area contributed by atoms with Gasteiger partial charge in [-0.05, 0) is 57.6 Å². The van der Waals surface area contributed by atoms with E-state index >= 15 is 0 Å². The van der Waals surface area contributed by atoms with Crippen LogP contribution in [0.25, 0.3) is 16.9 Å². The molecule has 0 spiro atoms. The number of aryl methyl sites for hydroxylation is 1. The third-order valence-corrected chi connectivity index (χ3v) is 5.23. The van der Waals surface area contributed by atoms with Crippen molar-refractivity contribution in [2.75, 3.05) is 18.4 Å². The normalized spacial score (nSPS) is 13.1. The van der Waals surface area contributed by atoms with Gasteiger partial charge in [-0.15, -0.1) is 0 Å². The van der Waals surface area contributed by atoms with E-state index in [4.69, 9.17) is 5.14 Å². The van der Waals surface area contributed by atoms with Gasteiger partial charge < -0.3 is 10.6 Å². The number of anilines is 1. The van der Waals surface area contributed by atoms with Gasteiger partial charge in [-0.25, -0.2) is 14.4 Å². The van der Waals surface area contributed by atoms with Gasteiger partial charge in [0.1, 0.15) is 6.17 Å². The predicted molar refractivity (Wildman–Crippen MR) is 121 cm³/mol. The summed E-state index contributed by atoms with van der Waals surface area (Å²) in [6.45, 7) is 5.55. The average Bonchev–Trinajstić information content (AvgIpc) is 3.39. The maximum atomic E-state index is 13.9. The summed E-state index contributed by atoms with van der Waals surface area (Å²) in [5, 5.41) is 19.9. The molecule has 5 N–H and O–H groups in total. The monoisotopic (exact) mass is 432 g/mol. The lowest BCUT2D eigenvalue weighted by atomic mass is 10.1. The van der Waals surface area contributed by atoms with Gasteiger partial charge in [-0.1, -0.05) is 13.0 Å². The number of unbranched alkanes of at least 4 members (excludes halogenated alkanes) is 1. The Labute approximate surface area is 180 Å². The molecule has 3 aromatic heterocycles. The lowest BCUT2D eigenvalue weighted by Gasteiger charge is -2.11. The zero-order valence-electron chi connectivity index (χ0n) is 17.4. The molecule has 30 heavy (non-hydrogen) atoms. The van der Waals surface area contributed by atoms with Gasteiger partial charge in [0.15, 0.2) is 11.5 Å². The van der Waals surface area contributed by atoms with E-state index in [0.717, 1.165) is 59.9 Å². The molecule has 0 aromatic carbocycles. The first-order valence-electron chi connectivity index (χ1n) is 10.1. The van der Waals surface area contributed by atoms with E-state index in [1.807, 2.05) is 36.7 Å². The van der Waals surface area contributed by atoms with Crippen LogP contribution in [0, 0.1) is 6.92 Å². The number of alkyl halides is 1. The van der Waals surface area contributed by atoms with Crippen LogP contribution in [0.1, 0.15) is 38.3 Å². The van der Waals surface area contributed by atoms with Crippen molar-refractivity contribution < 1.29 is 4.39 Å². The first-order chi connectivity index (χ1) is 14.6. The molecule has 0 saturated carbocycles. The molecule has 8 nitrogen and oxygen atoms in total. The molecule has 0 bridgehead atoms. The summed E-state index contributed by atoms with van der Waals surface area (Å²) < 4.78 is 15.9. The molecule has 0 radical (unpaired) electrons. The average molecular weight is 433 g/mol. The van der Waals surface area contributed by atoms with Gasteiger partial charge in [0.25, 0.3) is 0 Å². The van der Waals surface area contributed by atoms with Gasteiger partial charge in [0.2, 0.25) is 0 Å². The van der Waals surface area contributed by atoms with E-state index in [2.05, 4.69) is 30.8 Å². The standard InChI is InChI=1S/C20H29FN8S/c1-3-23-9-8-16(21)6-4-5-7-18(30-22)28-19-20-24-12-17(15-10-25-26-11-15)29(20)13-14(2)27-19/h7,10-13,16,23H,3-6,8-9,22H2,1-2H3,(H,25,26)(H,27,28)/b18-7-. The largest absolute Gasteiger partial charge is 0.331 e. The number of hydrogen-bond acceptors (Lipinski definition) is 7. The number of H-pyrrole nitrogens is 1. The lowest BCUT2D eigenvalue weighted by Crippen LogP contribution is -2.18. The minimum Gasteiger partial charge on any atom is -0.331 e. The highest BCUT2D eigenvalue weighted by Crippen LogP contribution is 2.25. The minimum atomic E-state index is -0.774. The Kier molecular flexibility index (Phi) is 8.23. The van der Waals surface area contributed by atoms with E-state index in [1.54, 1.807) is 12.4 Å². The topological polar surface area (TPSA) is 109 Å². The Morgan fingerprint density at radius 1 is 1.40 bits per heavy atom. The number of aromatic nitrogens is 5. The van der Waals surface area contributed by atoms with Crippen LogP contribution in [0.15, 0.2) is 35.9 Å². The quantitative estimate of drug-likeness (QED) is 0.255. The van der Waals surface area contributed by atoms with E-state index in [1.165, 1.54) is 0 Å². The summed E-state index contributed by atoms with van der Waals surface area (Å²) in [5.41, 5.74) is 3.40. The van der Waals surface area contributed by atoms with E-state index < -0.39 is 6.17 Å². The third-order valence-electron chi connectivity index (χ3n) is 4.71. The van der Waals surface area contributed by atoms with E-state index in [0.29, 0.717) is 24.3 Å². The molecule has 0 aliphatic carbocycles. The van der Waals surface area contributed by atoms with E-state index in [-0.39, 0.29) is 0 Å². The number of allylic oxidation sites excluding steroid dienone is 1. The molecule has 0 fully saturated rings. The number of hydrogen-bond donors (Lipinski definition) is 4. The highest BCUT2D eigenvalue weighted by atomic mass is 32.2. The molecular weight excluding hydrogens is 403 g/mol. The van der Waals surface area contributed by atoms with Crippen LogP contribution >= 0.6 is 11.9 Å². The van der Waals surface area contributed by atoms with Crippen molar-refractivity contribution in [2.45, 2.75) is 45.7 Å². The van der Waals surface area contributed by atoms with Crippen molar-refractivity contribution >= 4 is 23.4 Å². The Hall–Kier alpha value is -2.43. The fraction of sp³-hybridized carbons (Fsp3) is 0.450. The molecule has 3 heterocycles. The molecule has 0 saturated heterocycles. The summed E-state index contributed by atoms with van der Waals surface area (Å²) in [7, 11) is 0. The van der Waals surface area contributed by atoms with Crippen LogP contribution < -0.4 is 15.8 Å². The number of imidazole rings is 1. The molecular formula is C20H29FN8S. The molecule has 162 valence electrons. The summed E-state index contributed by atoms with van der Waals surface area (Å²) >= 11 is 1.11. The highest BCUT2D eigenvalue weighted by molar-refractivity contribution is 8.01. The number of nitrogens with zero attached hydrogens (tertiary/aromatic N) is 4. The van der Waals surface area contributed by atoms with Crippen molar-refractivity contribution in [3.63, 3.8) is 0 Å². The van der Waals surface area contributed by atoms with Crippen molar-refractivity contribution in [1.29, 1.82) is 0 Å². The summed E-state index contributed by atoms with van der Waals surface area (Å²) in [5.74, 6) is 0.628. The molecule has 3 aromatic rings. The van der Waals surface area contributed by atoms with Crippen LogP contribution in [-0.4, -0.2) is 43.8 Å². The lowest BCUT2D eigenvalue weighted by molar-refractivity contribution is 0.288. The molecule has 0 amide bonds. The highest BCUT2D eigenvalue weighted by Gasteiger charge is 2.13. The molecule has 10 heteroatoms. The maximum Gasteiger partial charge on any atom is 0.180 e. The SMILES string of the molecule is CCNCCC(F)CCC/C=C(/Nc1nc(C)cn2c(-c3cn[nH]c3)cnc12)SN. The molecule has 0 aliphatic heterocycles. The van der Waals surface area contributed by atoms with Gasteiger partial charge in [-0.3, -0.25) is 14.6 Å². The molecule has 1 unspecified atom stereocenters. The fourth-order valence-electron chi connectivity index (χ4n) is 3.19. The Balaban J connectivity index is 1.66. The number of halogens is 1. The zero-order chi connectivity index (χ0) is 21.3. The Morgan fingerprint density at radius 2 is 2.27 bits per heavy atom. The fourth-order valence-corrected chi connectivity index (χ4v) is 3.56. The first kappa shape index (κ1) is 22.3. The summed E-state index contributed by atoms with van der Waals surface area (Å²) in [6.07, 6.45) is 11.1. The van der Waals surface area contributed by atoms with Gasteiger partial charge in [-0.2, -0.15) is 5.10 Å². The van der Waals surface area contributed by atoms with Crippen LogP contribution in [-0.2, 0) is 0 Å². The van der Waals surface area contributed by atoms with Crippen LogP contribution in [0.5, 0.6) is 0 Å². The Morgan fingerprint density at radius 3 is 3.00 bits per heavy atom. The maximum absolute atomic E-state index is 13.9. The Bertz CT molecular complexity index is 953. The number of nitrogens with two attached hydrogens (primary N) is 1. The van der Waals surface area contributed by atoms with Crippen LogP contribution in [0.4, 0.5) is 10.2 Å². The summed E-state index contributed by atoms with van der Waals surface area (Å²) in [4.78, 5) is 9.11. The first-order valence-corrected chi connectivity index (χ1v) is 11.0. The van der Waals surface area contributed by atoms with E-state index in [9.17, 15) is 4.39 Å². The van der Waals surface area contributed by atoms with Crippen molar-refractivity contribution in [3.8, 4) is 11.3 Å². The zero-order valence-corrected chi connectivity index (χ0v) is 18.2. The van der Waals surface area contributed by atoms with Gasteiger partial charge in [0, 0.05) is 18.0 Å². The molecule has 1 atom stereocenters. The van der Waals surface area contributed by atoms with Crippen molar-refractivity contribution in [3.05, 3.63) is 41.6 Å². The summed E-state index contributed by atoms with van der Waals surface area (Å²) in [6, 6.07) is 0. The van der Waals surface area contributed by atoms with Gasteiger partial charge >= 0.3 is 0 Å². The van der Waals surface area contributed by atoms with Crippen molar-refractivity contribution in [1.82, 2.24) is 29.9 Å². The second-order valence-corrected chi connectivity index (χ2v) is 7.71. The second kappa shape index (κ2) is 11.1. The van der Waals surface area contributed by atoms with Crippen molar-refractivity contribution in [2.24, 2.45) is 5.14 Å². The third kappa shape index (κ3) is 5.80. The number of nitrogens with one attached hydrogen (secondary N) is 3. The molecule has 0 aliphatic rings. The van der Waals surface area contributed by atoms with Crippen LogP contribution in [0.3, 0.4) is 0 Å². The van der Waals surface area contributed by atoms with Gasteiger partial charge in [0.05, 0.1) is 28.8 Å². The number of rotatable bonds is 12. The minimum absolute atomic E-state index is 0.547. The van der Waals surface area contributed by atoms with Crippen LogP contribution in [0.2, 0.25) is 0 Å². The second-order valence-electron chi connectivity index (χ2n) is 7.04. The number of fused-ring (bicyclic) bond motifs is 1. The molecule has 3 rings (SSSR count). The smallest absolute Gasteiger partial charge is 0.180 e.